The first-order valence-corrected chi connectivity index (χ1v) is 10.9. The van der Waals surface area contributed by atoms with Gasteiger partial charge in [-0.1, -0.05) is 23.9 Å². The maximum atomic E-state index is 13.0. The van der Waals surface area contributed by atoms with Gasteiger partial charge in [0.1, 0.15) is 41.2 Å². The lowest BCUT2D eigenvalue weighted by Crippen LogP contribution is -2.58. The number of amidine groups is 1. The van der Waals surface area contributed by atoms with Crippen LogP contribution in [0.15, 0.2) is 29.3 Å². The average Bonchev–Trinajstić information content (AvgIpc) is 3.12. The Morgan fingerprint density at radius 3 is 2.55 bits per heavy atom. The SMILES string of the molecule is C[C@H](OCc1ccc(F)cc1)[C@H]1O[C@@H]2SC(N(C)C(=O)OC(C)(C)C)=N[C@@H]2[C@@H](O)[C@@H]1O. The Morgan fingerprint density at radius 2 is 1.94 bits per heavy atom. The van der Waals surface area contributed by atoms with Gasteiger partial charge in [0, 0.05) is 7.05 Å². The van der Waals surface area contributed by atoms with Gasteiger partial charge < -0.3 is 24.4 Å². The summed E-state index contributed by atoms with van der Waals surface area (Å²) in [5, 5.41) is 21.6. The van der Waals surface area contributed by atoms with E-state index in [4.69, 9.17) is 14.2 Å². The molecule has 172 valence electrons. The zero-order valence-electron chi connectivity index (χ0n) is 18.2. The second-order valence-electron chi connectivity index (χ2n) is 8.65. The molecule has 2 heterocycles. The van der Waals surface area contributed by atoms with Gasteiger partial charge in [0.05, 0.1) is 12.7 Å². The molecule has 1 fully saturated rings. The number of amides is 1. The molecule has 2 N–H and O–H groups in total. The Balaban J connectivity index is 1.62. The van der Waals surface area contributed by atoms with Crippen molar-refractivity contribution in [1.29, 1.82) is 0 Å². The number of ether oxygens (including phenoxy) is 3. The number of halogens is 1. The van der Waals surface area contributed by atoms with E-state index in [1.807, 2.05) is 0 Å². The van der Waals surface area contributed by atoms with Crippen molar-refractivity contribution < 1.29 is 33.6 Å². The van der Waals surface area contributed by atoms with Crippen LogP contribution in [-0.4, -0.2) is 74.9 Å². The summed E-state index contributed by atoms with van der Waals surface area (Å²) in [6.07, 6.45) is -4.33. The molecule has 0 saturated carbocycles. The van der Waals surface area contributed by atoms with Gasteiger partial charge in [0.15, 0.2) is 5.17 Å². The summed E-state index contributed by atoms with van der Waals surface area (Å²) in [5.74, 6) is -0.331. The number of benzene rings is 1. The molecule has 0 unspecified atom stereocenters. The van der Waals surface area contributed by atoms with E-state index in [1.54, 1.807) is 39.8 Å². The molecular weight excluding hydrogens is 427 g/mol. The molecule has 1 aromatic carbocycles. The normalized spacial score (nSPS) is 29.2. The highest BCUT2D eigenvalue weighted by Crippen LogP contribution is 2.38. The predicted molar refractivity (Wildman–Crippen MR) is 114 cm³/mol. The molecule has 3 rings (SSSR count). The Kier molecular flexibility index (Phi) is 7.27. The topological polar surface area (TPSA) is 101 Å². The molecular formula is C21H29FN2O6S. The fourth-order valence-electron chi connectivity index (χ4n) is 3.24. The highest BCUT2D eigenvalue weighted by molar-refractivity contribution is 8.14. The van der Waals surface area contributed by atoms with Gasteiger partial charge in [-0.25, -0.2) is 9.18 Å². The summed E-state index contributed by atoms with van der Waals surface area (Å²) < 4.78 is 30.2. The van der Waals surface area contributed by atoms with E-state index < -0.39 is 47.6 Å². The van der Waals surface area contributed by atoms with Gasteiger partial charge in [-0.05, 0) is 45.4 Å². The fourth-order valence-corrected chi connectivity index (χ4v) is 4.40. The molecule has 1 amide bonds. The summed E-state index contributed by atoms with van der Waals surface area (Å²) in [4.78, 5) is 18.0. The largest absolute Gasteiger partial charge is 0.443 e. The number of thioether (sulfide) groups is 1. The third-order valence-electron chi connectivity index (χ3n) is 4.93. The first-order chi connectivity index (χ1) is 14.5. The Labute approximate surface area is 185 Å². The Hall–Kier alpha value is -1.72. The Bertz CT molecular complexity index is 815. The number of fused-ring (bicyclic) bond motifs is 1. The smallest absolute Gasteiger partial charge is 0.416 e. The Morgan fingerprint density at radius 1 is 1.29 bits per heavy atom. The van der Waals surface area contributed by atoms with E-state index in [0.29, 0.717) is 5.17 Å². The summed E-state index contributed by atoms with van der Waals surface area (Å²) in [7, 11) is 1.53. The van der Waals surface area contributed by atoms with Crippen LogP contribution < -0.4 is 0 Å². The van der Waals surface area contributed by atoms with Gasteiger partial charge in [-0.15, -0.1) is 0 Å². The molecule has 8 nitrogen and oxygen atoms in total. The van der Waals surface area contributed by atoms with Crippen LogP contribution in [0.5, 0.6) is 0 Å². The van der Waals surface area contributed by atoms with Crippen molar-refractivity contribution in [3.63, 3.8) is 0 Å². The number of aliphatic imine (C=N–C) groups is 1. The van der Waals surface area contributed by atoms with Crippen molar-refractivity contribution in [3.05, 3.63) is 35.6 Å². The third kappa shape index (κ3) is 5.75. The first kappa shape index (κ1) is 23.9. The van der Waals surface area contributed by atoms with Crippen molar-refractivity contribution >= 4 is 23.0 Å². The molecule has 2 aliphatic rings. The number of hydrogen-bond acceptors (Lipinski definition) is 8. The fraction of sp³-hybridized carbons (Fsp3) is 0.619. The van der Waals surface area contributed by atoms with E-state index in [9.17, 15) is 19.4 Å². The van der Waals surface area contributed by atoms with E-state index in [-0.39, 0.29) is 12.4 Å². The standard InChI is InChI=1S/C21H29FN2O6S/c1-11(28-10-12-6-8-13(22)9-7-12)17-16(26)15(25)14-18(29-17)31-19(23-14)24(5)20(27)30-21(2,3)4/h6-9,11,14-18,25-26H,10H2,1-5H3/t11-,14+,15+,16-,17+,18+/m0/s1. The van der Waals surface area contributed by atoms with Gasteiger partial charge in [0.2, 0.25) is 0 Å². The first-order valence-electron chi connectivity index (χ1n) is 10.0. The van der Waals surface area contributed by atoms with Crippen LogP contribution in [-0.2, 0) is 20.8 Å². The van der Waals surface area contributed by atoms with Gasteiger partial charge >= 0.3 is 6.09 Å². The van der Waals surface area contributed by atoms with E-state index in [1.165, 1.54) is 35.8 Å². The van der Waals surface area contributed by atoms with Crippen LogP contribution in [0.1, 0.15) is 33.3 Å². The van der Waals surface area contributed by atoms with Crippen molar-refractivity contribution in [3.8, 4) is 0 Å². The number of aliphatic hydroxyl groups is 2. The molecule has 10 heteroatoms. The van der Waals surface area contributed by atoms with Crippen molar-refractivity contribution in [2.75, 3.05) is 7.05 Å². The lowest BCUT2D eigenvalue weighted by atomic mass is 9.95. The van der Waals surface area contributed by atoms with Crippen LogP contribution in [0.25, 0.3) is 0 Å². The molecule has 6 atom stereocenters. The predicted octanol–water partition coefficient (Wildman–Crippen LogP) is 2.52. The van der Waals surface area contributed by atoms with Gasteiger partial charge in [-0.2, -0.15) is 0 Å². The minimum Gasteiger partial charge on any atom is -0.443 e. The van der Waals surface area contributed by atoms with Crippen molar-refractivity contribution in [1.82, 2.24) is 4.90 Å². The molecule has 31 heavy (non-hydrogen) atoms. The number of rotatable bonds is 4. The number of aliphatic hydroxyl groups excluding tert-OH is 2. The van der Waals surface area contributed by atoms with Crippen LogP contribution in [0.4, 0.5) is 9.18 Å². The molecule has 1 saturated heterocycles. The maximum Gasteiger partial charge on any atom is 0.416 e. The summed E-state index contributed by atoms with van der Waals surface area (Å²) in [6.45, 7) is 7.24. The van der Waals surface area contributed by atoms with Gasteiger partial charge in [-0.3, -0.25) is 9.89 Å². The van der Waals surface area contributed by atoms with E-state index in [0.717, 1.165) is 5.56 Å². The molecule has 0 aromatic heterocycles. The number of hydrogen-bond donors (Lipinski definition) is 2. The van der Waals surface area contributed by atoms with Crippen molar-refractivity contribution in [2.45, 2.75) is 75.8 Å². The minimum atomic E-state index is -1.22. The van der Waals surface area contributed by atoms with E-state index in [2.05, 4.69) is 4.99 Å². The monoisotopic (exact) mass is 456 g/mol. The molecule has 1 aromatic rings. The minimum absolute atomic E-state index is 0.203. The summed E-state index contributed by atoms with van der Waals surface area (Å²) in [6, 6.07) is 5.20. The quantitative estimate of drug-likeness (QED) is 0.718. The van der Waals surface area contributed by atoms with Crippen LogP contribution in [0, 0.1) is 5.82 Å². The lowest BCUT2D eigenvalue weighted by molar-refractivity contribution is -0.193. The number of carbonyl (C=O) groups excluding carboxylic acids is 1. The molecule has 0 radical (unpaired) electrons. The number of carbonyl (C=O) groups is 1. The highest BCUT2D eigenvalue weighted by atomic mass is 32.2. The van der Waals surface area contributed by atoms with Crippen molar-refractivity contribution in [2.24, 2.45) is 4.99 Å². The van der Waals surface area contributed by atoms with Crippen LogP contribution in [0.3, 0.4) is 0 Å². The third-order valence-corrected chi connectivity index (χ3v) is 6.14. The average molecular weight is 457 g/mol. The zero-order chi connectivity index (χ0) is 22.9. The number of nitrogens with zero attached hydrogens (tertiary/aromatic N) is 2. The van der Waals surface area contributed by atoms with E-state index >= 15 is 0 Å². The highest BCUT2D eigenvalue weighted by Gasteiger charge is 2.50. The second-order valence-corrected chi connectivity index (χ2v) is 9.72. The van der Waals surface area contributed by atoms with Gasteiger partial charge in [0.25, 0.3) is 0 Å². The zero-order valence-corrected chi connectivity index (χ0v) is 19.0. The summed E-state index contributed by atoms with van der Waals surface area (Å²) >= 11 is 1.18. The molecule has 0 bridgehead atoms. The van der Waals surface area contributed by atoms with Crippen LogP contribution >= 0.6 is 11.8 Å². The summed E-state index contributed by atoms with van der Waals surface area (Å²) in [5.41, 5.74) is -0.465. The van der Waals surface area contributed by atoms with Crippen LogP contribution in [0.2, 0.25) is 0 Å². The molecule has 2 aliphatic heterocycles. The lowest BCUT2D eigenvalue weighted by Gasteiger charge is -2.40. The molecule has 0 aliphatic carbocycles. The molecule has 0 spiro atoms. The maximum absolute atomic E-state index is 13.0. The second kappa shape index (κ2) is 9.41.